The molecule has 2 atom stereocenters. The summed E-state index contributed by atoms with van der Waals surface area (Å²) in [4.78, 5) is 4.53. The zero-order valence-corrected chi connectivity index (χ0v) is 12.8. The Morgan fingerprint density at radius 2 is 2.15 bits per heavy atom. The molecule has 112 valence electrons. The Morgan fingerprint density at radius 1 is 1.40 bits per heavy atom. The van der Waals surface area contributed by atoms with E-state index in [0.29, 0.717) is 29.5 Å². The molecular formula is C15H22ClFN2O. The second kappa shape index (κ2) is 6.85. The average Bonchev–Trinajstić information content (AvgIpc) is 2.37. The van der Waals surface area contributed by atoms with Crippen LogP contribution < -0.4 is 0 Å². The Labute approximate surface area is 124 Å². The van der Waals surface area contributed by atoms with Crippen LogP contribution in [0, 0.1) is 5.82 Å². The molecule has 0 saturated carbocycles. The van der Waals surface area contributed by atoms with E-state index in [2.05, 4.69) is 23.9 Å². The lowest BCUT2D eigenvalue weighted by Crippen LogP contribution is -2.51. The van der Waals surface area contributed by atoms with Gasteiger partial charge in [0.15, 0.2) is 0 Å². The van der Waals surface area contributed by atoms with Crippen LogP contribution in [0.25, 0.3) is 0 Å². The summed E-state index contributed by atoms with van der Waals surface area (Å²) in [6.45, 7) is 2.99. The van der Waals surface area contributed by atoms with Gasteiger partial charge in [0.1, 0.15) is 5.82 Å². The minimum Gasteiger partial charge on any atom is -0.393 e. The molecule has 0 bridgehead atoms. The Balaban J connectivity index is 1.93. The zero-order valence-electron chi connectivity index (χ0n) is 12.0. The average molecular weight is 301 g/mol. The van der Waals surface area contributed by atoms with Gasteiger partial charge in [-0.1, -0.05) is 17.7 Å². The van der Waals surface area contributed by atoms with E-state index in [0.717, 1.165) is 19.6 Å². The summed E-state index contributed by atoms with van der Waals surface area (Å²) in [5.74, 6) is -0.342. The van der Waals surface area contributed by atoms with Crippen molar-refractivity contribution in [3.63, 3.8) is 0 Å². The number of hydrogen-bond acceptors (Lipinski definition) is 3. The van der Waals surface area contributed by atoms with Gasteiger partial charge in [0.2, 0.25) is 0 Å². The minimum atomic E-state index is -0.537. The highest BCUT2D eigenvalue weighted by Gasteiger charge is 2.24. The van der Waals surface area contributed by atoms with E-state index in [1.54, 1.807) is 12.1 Å². The second-order valence-corrected chi connectivity index (χ2v) is 6.16. The van der Waals surface area contributed by atoms with Crippen LogP contribution in [0.15, 0.2) is 18.2 Å². The van der Waals surface area contributed by atoms with Gasteiger partial charge >= 0.3 is 0 Å². The van der Waals surface area contributed by atoms with Crippen molar-refractivity contribution in [2.24, 2.45) is 0 Å². The fraction of sp³-hybridized carbons (Fsp3) is 0.600. The largest absolute Gasteiger partial charge is 0.393 e. The van der Waals surface area contributed by atoms with E-state index >= 15 is 0 Å². The van der Waals surface area contributed by atoms with E-state index in [1.165, 1.54) is 6.07 Å². The van der Waals surface area contributed by atoms with E-state index < -0.39 is 6.10 Å². The second-order valence-electron chi connectivity index (χ2n) is 5.73. The zero-order chi connectivity index (χ0) is 14.7. The van der Waals surface area contributed by atoms with Gasteiger partial charge in [-0.25, -0.2) is 4.39 Å². The lowest BCUT2D eigenvalue weighted by atomic mass is 9.99. The van der Waals surface area contributed by atoms with Crippen molar-refractivity contribution in [3.8, 4) is 0 Å². The molecule has 0 amide bonds. The number of hydrogen-bond donors (Lipinski definition) is 1. The highest BCUT2D eigenvalue weighted by atomic mass is 35.5. The van der Waals surface area contributed by atoms with Crippen LogP contribution in [0.1, 0.15) is 12.0 Å². The van der Waals surface area contributed by atoms with Gasteiger partial charge in [-0.15, -0.1) is 0 Å². The predicted octanol–water partition coefficient (Wildman–Crippen LogP) is 2.02. The third-order valence-corrected chi connectivity index (χ3v) is 4.23. The number of aliphatic hydroxyl groups excluding tert-OH is 1. The maximum Gasteiger partial charge on any atom is 0.127 e. The van der Waals surface area contributed by atoms with Crippen LogP contribution in [0.5, 0.6) is 0 Å². The lowest BCUT2D eigenvalue weighted by Gasteiger charge is -2.38. The third kappa shape index (κ3) is 4.16. The quantitative estimate of drug-likeness (QED) is 0.921. The molecule has 3 nitrogen and oxygen atoms in total. The van der Waals surface area contributed by atoms with Crippen LogP contribution in [0.3, 0.4) is 0 Å². The summed E-state index contributed by atoms with van der Waals surface area (Å²) >= 11 is 5.73. The standard InChI is InChI=1S/C15H22ClFN2O/c1-18-5-6-19(2)13(10-18)9-14(20)7-11-3-4-12(16)8-15(11)17/h3-4,8,13-14,20H,5-7,9-10H2,1-2H3. The van der Waals surface area contributed by atoms with Gasteiger partial charge in [0, 0.05) is 37.1 Å². The third-order valence-electron chi connectivity index (χ3n) is 3.99. The summed E-state index contributed by atoms with van der Waals surface area (Å²) in [6.07, 6.45) is 0.449. The van der Waals surface area contributed by atoms with Crippen molar-refractivity contribution in [1.29, 1.82) is 0 Å². The molecule has 0 radical (unpaired) electrons. The summed E-state index contributed by atoms with van der Waals surface area (Å²) in [5, 5.41) is 10.6. The normalized spacial score (nSPS) is 22.9. The van der Waals surface area contributed by atoms with E-state index in [9.17, 15) is 9.50 Å². The van der Waals surface area contributed by atoms with E-state index in [-0.39, 0.29) is 5.82 Å². The van der Waals surface area contributed by atoms with Gasteiger partial charge in [0.25, 0.3) is 0 Å². The molecule has 20 heavy (non-hydrogen) atoms. The van der Waals surface area contributed by atoms with Crippen molar-refractivity contribution in [3.05, 3.63) is 34.6 Å². The maximum absolute atomic E-state index is 13.7. The topological polar surface area (TPSA) is 26.7 Å². The van der Waals surface area contributed by atoms with Crippen LogP contribution in [-0.4, -0.2) is 60.8 Å². The van der Waals surface area contributed by atoms with Crippen molar-refractivity contribution >= 4 is 11.6 Å². The van der Waals surface area contributed by atoms with Gasteiger partial charge in [-0.3, -0.25) is 0 Å². The van der Waals surface area contributed by atoms with Crippen LogP contribution in [0.2, 0.25) is 5.02 Å². The lowest BCUT2D eigenvalue weighted by molar-refractivity contribution is 0.0636. The first-order chi connectivity index (χ1) is 9.45. The molecule has 1 N–H and O–H groups in total. The van der Waals surface area contributed by atoms with E-state index in [1.807, 2.05) is 0 Å². The fourth-order valence-corrected chi connectivity index (χ4v) is 2.85. The van der Waals surface area contributed by atoms with Crippen LogP contribution >= 0.6 is 11.6 Å². The number of aliphatic hydroxyl groups is 1. The Hall–Kier alpha value is -0.680. The fourth-order valence-electron chi connectivity index (χ4n) is 2.69. The SMILES string of the molecule is CN1CCN(C)C(CC(O)Cc2ccc(Cl)cc2F)C1. The van der Waals surface area contributed by atoms with Gasteiger partial charge < -0.3 is 14.9 Å². The molecule has 0 aliphatic carbocycles. The summed E-state index contributed by atoms with van der Waals surface area (Å²) < 4.78 is 13.7. The van der Waals surface area contributed by atoms with Gasteiger partial charge in [0.05, 0.1) is 6.10 Å². The molecule has 1 aromatic rings. The number of nitrogens with zero attached hydrogens (tertiary/aromatic N) is 2. The minimum absolute atomic E-state index is 0.319. The smallest absolute Gasteiger partial charge is 0.127 e. The molecule has 1 aliphatic rings. The van der Waals surface area contributed by atoms with Crippen molar-refractivity contribution in [2.45, 2.75) is 25.0 Å². The molecule has 0 spiro atoms. The van der Waals surface area contributed by atoms with Gasteiger partial charge in [-0.2, -0.15) is 0 Å². The highest BCUT2D eigenvalue weighted by Crippen LogP contribution is 2.19. The maximum atomic E-state index is 13.7. The molecule has 5 heteroatoms. The first kappa shape index (κ1) is 15.7. The molecule has 2 unspecified atom stereocenters. The Bertz CT molecular complexity index is 457. The molecule has 1 fully saturated rings. The molecule has 0 aromatic heterocycles. The summed E-state index contributed by atoms with van der Waals surface area (Å²) in [6, 6.07) is 4.92. The summed E-state index contributed by atoms with van der Waals surface area (Å²) in [7, 11) is 4.17. The van der Waals surface area contributed by atoms with Crippen molar-refractivity contribution in [2.75, 3.05) is 33.7 Å². The number of likely N-dealkylation sites (N-methyl/N-ethyl adjacent to an activating group) is 2. The first-order valence-corrected chi connectivity index (χ1v) is 7.34. The number of piperazine rings is 1. The number of rotatable bonds is 4. The van der Waals surface area contributed by atoms with Crippen molar-refractivity contribution < 1.29 is 9.50 Å². The molecule has 1 heterocycles. The molecule has 2 rings (SSSR count). The molecular weight excluding hydrogens is 279 g/mol. The highest BCUT2D eigenvalue weighted by molar-refractivity contribution is 6.30. The Morgan fingerprint density at radius 3 is 2.85 bits per heavy atom. The number of benzene rings is 1. The van der Waals surface area contributed by atoms with E-state index in [4.69, 9.17) is 11.6 Å². The van der Waals surface area contributed by atoms with Crippen LogP contribution in [0.4, 0.5) is 4.39 Å². The number of halogens is 2. The van der Waals surface area contributed by atoms with Gasteiger partial charge in [-0.05, 0) is 38.2 Å². The molecule has 1 aromatic carbocycles. The predicted molar refractivity (Wildman–Crippen MR) is 79.7 cm³/mol. The molecule has 1 aliphatic heterocycles. The first-order valence-electron chi connectivity index (χ1n) is 6.96. The summed E-state index contributed by atoms with van der Waals surface area (Å²) in [5.41, 5.74) is 0.522. The Kier molecular flexibility index (Phi) is 5.38. The van der Waals surface area contributed by atoms with Crippen molar-refractivity contribution in [1.82, 2.24) is 9.80 Å². The van der Waals surface area contributed by atoms with Crippen LogP contribution in [-0.2, 0) is 6.42 Å². The molecule has 1 saturated heterocycles. The monoisotopic (exact) mass is 300 g/mol.